The Labute approximate surface area is 132 Å². The zero-order chi connectivity index (χ0) is 15.5. The van der Waals surface area contributed by atoms with Crippen LogP contribution in [-0.2, 0) is 9.53 Å². The van der Waals surface area contributed by atoms with Crippen molar-refractivity contribution in [2.45, 2.75) is 18.9 Å². The van der Waals surface area contributed by atoms with E-state index in [1.165, 1.54) is 5.56 Å². The van der Waals surface area contributed by atoms with E-state index in [0.717, 1.165) is 25.9 Å². The maximum absolute atomic E-state index is 12.5. The van der Waals surface area contributed by atoms with Gasteiger partial charge in [-0.3, -0.25) is 14.7 Å². The van der Waals surface area contributed by atoms with E-state index < -0.39 is 0 Å². The van der Waals surface area contributed by atoms with Crippen LogP contribution in [0.15, 0.2) is 24.5 Å². The van der Waals surface area contributed by atoms with Crippen LogP contribution < -0.4 is 0 Å². The molecule has 0 spiro atoms. The minimum atomic E-state index is 0.0565. The summed E-state index contributed by atoms with van der Waals surface area (Å²) < 4.78 is 5.34. The van der Waals surface area contributed by atoms with E-state index >= 15 is 0 Å². The summed E-state index contributed by atoms with van der Waals surface area (Å²) in [6.45, 7) is 3.17. The van der Waals surface area contributed by atoms with E-state index in [-0.39, 0.29) is 11.8 Å². The first-order valence-electron chi connectivity index (χ1n) is 8.09. The number of likely N-dealkylation sites (tertiary alicyclic amines) is 1. The second-order valence-corrected chi connectivity index (χ2v) is 6.54. The fourth-order valence-electron chi connectivity index (χ4n) is 3.78. The molecule has 0 radical (unpaired) electrons. The van der Waals surface area contributed by atoms with Crippen molar-refractivity contribution in [3.8, 4) is 0 Å². The van der Waals surface area contributed by atoms with Gasteiger partial charge in [0.25, 0.3) is 0 Å². The monoisotopic (exact) mass is 303 g/mol. The lowest BCUT2D eigenvalue weighted by Crippen LogP contribution is -2.38. The van der Waals surface area contributed by atoms with Crippen LogP contribution in [0, 0.1) is 11.8 Å². The number of carbonyl (C=O) groups is 1. The number of amides is 1. The van der Waals surface area contributed by atoms with Crippen LogP contribution in [0.25, 0.3) is 0 Å². The number of nitrogens with zero attached hydrogens (tertiary/aromatic N) is 3. The van der Waals surface area contributed by atoms with Crippen molar-refractivity contribution in [2.24, 2.45) is 11.8 Å². The van der Waals surface area contributed by atoms with E-state index in [1.807, 2.05) is 30.4 Å². The molecule has 2 aliphatic heterocycles. The summed E-state index contributed by atoms with van der Waals surface area (Å²) >= 11 is 0. The average molecular weight is 303 g/mol. The van der Waals surface area contributed by atoms with E-state index in [2.05, 4.69) is 23.0 Å². The van der Waals surface area contributed by atoms with Gasteiger partial charge in [0.2, 0.25) is 5.91 Å². The quantitative estimate of drug-likeness (QED) is 0.847. The molecule has 0 bridgehead atoms. The van der Waals surface area contributed by atoms with Gasteiger partial charge in [-0.05, 0) is 44.0 Å². The van der Waals surface area contributed by atoms with E-state index in [9.17, 15) is 4.79 Å². The van der Waals surface area contributed by atoms with Crippen LogP contribution in [0.2, 0.25) is 0 Å². The number of aromatic nitrogens is 1. The average Bonchev–Trinajstić information content (AvgIpc) is 3.18. The van der Waals surface area contributed by atoms with Crippen molar-refractivity contribution < 1.29 is 9.53 Å². The van der Waals surface area contributed by atoms with Crippen molar-refractivity contribution in [1.82, 2.24) is 14.8 Å². The van der Waals surface area contributed by atoms with E-state index in [4.69, 9.17) is 4.74 Å². The number of pyridine rings is 1. The Bertz CT molecular complexity index is 502. The molecule has 2 aliphatic rings. The maximum Gasteiger partial charge on any atom is 0.227 e. The number of hydrogen-bond acceptors (Lipinski definition) is 4. The Hall–Kier alpha value is -1.46. The molecule has 1 aromatic heterocycles. The van der Waals surface area contributed by atoms with Gasteiger partial charge in [0.15, 0.2) is 0 Å². The van der Waals surface area contributed by atoms with Crippen LogP contribution in [0.5, 0.6) is 0 Å². The third-order valence-corrected chi connectivity index (χ3v) is 4.96. The smallest absolute Gasteiger partial charge is 0.227 e. The van der Waals surface area contributed by atoms with Crippen LogP contribution in [-0.4, -0.2) is 61.1 Å². The van der Waals surface area contributed by atoms with Crippen molar-refractivity contribution in [2.75, 3.05) is 40.4 Å². The number of hydrogen-bond donors (Lipinski definition) is 0. The molecule has 3 heterocycles. The van der Waals surface area contributed by atoms with E-state index in [1.54, 1.807) is 0 Å². The summed E-state index contributed by atoms with van der Waals surface area (Å²) in [7, 11) is 4.09. The number of ether oxygens (including phenoxy) is 1. The van der Waals surface area contributed by atoms with Gasteiger partial charge >= 0.3 is 0 Å². The molecule has 1 amide bonds. The van der Waals surface area contributed by atoms with Crippen LogP contribution >= 0.6 is 0 Å². The Morgan fingerprint density at radius 3 is 3.05 bits per heavy atom. The standard InChI is InChI=1S/C17H25N3O2/c1-19-8-5-14(16(19)13-4-3-7-18-10-13)11-20(2)17(21)15-6-9-22-12-15/h3-4,7,10,14-16H,5-6,8-9,11-12H2,1-2H3/t14-,15+,16-/m0/s1. The van der Waals surface area contributed by atoms with Crippen LogP contribution in [0.4, 0.5) is 0 Å². The van der Waals surface area contributed by atoms with Crippen molar-refractivity contribution in [3.63, 3.8) is 0 Å². The van der Waals surface area contributed by atoms with Gasteiger partial charge < -0.3 is 9.64 Å². The predicted molar refractivity (Wildman–Crippen MR) is 84.3 cm³/mol. The van der Waals surface area contributed by atoms with Crippen LogP contribution in [0.3, 0.4) is 0 Å². The van der Waals surface area contributed by atoms with Gasteiger partial charge in [-0.1, -0.05) is 6.07 Å². The van der Waals surface area contributed by atoms with Crippen molar-refractivity contribution >= 4 is 5.91 Å². The Balaban J connectivity index is 1.66. The molecule has 22 heavy (non-hydrogen) atoms. The van der Waals surface area contributed by atoms with Crippen molar-refractivity contribution in [3.05, 3.63) is 30.1 Å². The summed E-state index contributed by atoms with van der Waals surface area (Å²) in [5.74, 6) is 0.753. The predicted octanol–water partition coefficient (Wildman–Crippen LogP) is 1.57. The largest absolute Gasteiger partial charge is 0.381 e. The molecular weight excluding hydrogens is 278 g/mol. The Kier molecular flexibility index (Phi) is 4.74. The summed E-state index contributed by atoms with van der Waals surface area (Å²) in [4.78, 5) is 21.0. The summed E-state index contributed by atoms with van der Waals surface area (Å²) in [6, 6.07) is 4.48. The van der Waals surface area contributed by atoms with Gasteiger partial charge in [-0.15, -0.1) is 0 Å². The molecule has 0 aliphatic carbocycles. The van der Waals surface area contributed by atoms with E-state index in [0.29, 0.717) is 25.2 Å². The molecule has 1 aromatic rings. The molecule has 3 atom stereocenters. The Morgan fingerprint density at radius 1 is 1.50 bits per heavy atom. The second-order valence-electron chi connectivity index (χ2n) is 6.54. The van der Waals surface area contributed by atoms with Gasteiger partial charge in [0, 0.05) is 38.6 Å². The minimum Gasteiger partial charge on any atom is -0.381 e. The van der Waals surface area contributed by atoms with Gasteiger partial charge in [0.05, 0.1) is 12.5 Å². The highest BCUT2D eigenvalue weighted by atomic mass is 16.5. The highest BCUT2D eigenvalue weighted by Crippen LogP contribution is 2.36. The molecule has 2 saturated heterocycles. The van der Waals surface area contributed by atoms with Crippen molar-refractivity contribution in [1.29, 1.82) is 0 Å². The molecule has 0 saturated carbocycles. The zero-order valence-electron chi connectivity index (χ0n) is 13.4. The second kappa shape index (κ2) is 6.75. The normalized spacial score (nSPS) is 28.9. The SMILES string of the molecule is CN(C[C@@H]1CCN(C)[C@H]1c1cccnc1)C(=O)[C@@H]1CCOC1. The third-order valence-electron chi connectivity index (χ3n) is 4.96. The Morgan fingerprint density at radius 2 is 2.36 bits per heavy atom. The summed E-state index contributed by atoms with van der Waals surface area (Å²) in [6.07, 6.45) is 5.74. The summed E-state index contributed by atoms with van der Waals surface area (Å²) in [5, 5.41) is 0. The molecule has 0 unspecified atom stereocenters. The molecular formula is C17H25N3O2. The number of carbonyl (C=O) groups excluding carboxylic acids is 1. The van der Waals surface area contributed by atoms with Crippen LogP contribution in [0.1, 0.15) is 24.4 Å². The number of rotatable bonds is 4. The highest BCUT2D eigenvalue weighted by Gasteiger charge is 2.35. The topological polar surface area (TPSA) is 45.7 Å². The maximum atomic E-state index is 12.5. The third kappa shape index (κ3) is 3.15. The fourth-order valence-corrected chi connectivity index (χ4v) is 3.78. The first kappa shape index (κ1) is 15.4. The molecule has 120 valence electrons. The lowest BCUT2D eigenvalue weighted by atomic mass is 9.94. The minimum absolute atomic E-state index is 0.0565. The highest BCUT2D eigenvalue weighted by molar-refractivity contribution is 5.79. The lowest BCUT2D eigenvalue weighted by molar-refractivity contribution is -0.134. The molecule has 5 nitrogen and oxygen atoms in total. The van der Waals surface area contributed by atoms with Gasteiger partial charge in [0.1, 0.15) is 0 Å². The lowest BCUT2D eigenvalue weighted by Gasteiger charge is -2.29. The summed E-state index contributed by atoms with van der Waals surface area (Å²) in [5.41, 5.74) is 1.25. The first-order chi connectivity index (χ1) is 10.7. The molecule has 5 heteroatoms. The first-order valence-corrected chi connectivity index (χ1v) is 8.09. The molecule has 0 aromatic carbocycles. The molecule has 2 fully saturated rings. The molecule has 0 N–H and O–H groups in total. The fraction of sp³-hybridized carbons (Fsp3) is 0.647. The zero-order valence-corrected chi connectivity index (χ0v) is 13.4. The van der Waals surface area contributed by atoms with Gasteiger partial charge in [-0.25, -0.2) is 0 Å². The molecule has 3 rings (SSSR count). The van der Waals surface area contributed by atoms with Gasteiger partial charge in [-0.2, -0.15) is 0 Å².